The summed E-state index contributed by atoms with van der Waals surface area (Å²) in [6.07, 6.45) is 2.19. The molecule has 0 aromatic carbocycles. The number of nitriles is 1. The van der Waals surface area contributed by atoms with Gasteiger partial charge < -0.3 is 15.0 Å². The van der Waals surface area contributed by atoms with Crippen molar-refractivity contribution in [2.75, 3.05) is 26.7 Å². The largest absolute Gasteiger partial charge is 0.454 e. The Kier molecular flexibility index (Phi) is 6.32. The predicted molar refractivity (Wildman–Crippen MR) is 98.6 cm³/mol. The molecule has 9 nitrogen and oxygen atoms in total. The summed E-state index contributed by atoms with van der Waals surface area (Å²) in [4.78, 5) is 51.4. The summed E-state index contributed by atoms with van der Waals surface area (Å²) >= 11 is 0. The first-order chi connectivity index (χ1) is 13.0. The lowest BCUT2D eigenvalue weighted by Crippen LogP contribution is -2.54. The van der Waals surface area contributed by atoms with E-state index in [1.165, 1.54) is 11.9 Å². The lowest BCUT2D eigenvalue weighted by molar-refractivity contribution is -0.153. The van der Waals surface area contributed by atoms with E-state index in [1.54, 1.807) is 0 Å². The number of carbonyl (C=O) groups is 4. The minimum Gasteiger partial charge on any atom is -0.454 e. The molecular formula is C19H28N4O5. The second-order valence-corrected chi connectivity index (χ2v) is 8.64. The number of ether oxygens (including phenoxy) is 1. The number of hydrogen-bond acceptors (Lipinski definition) is 6. The summed E-state index contributed by atoms with van der Waals surface area (Å²) in [6, 6.07) is 1.32. The van der Waals surface area contributed by atoms with E-state index in [0.717, 1.165) is 11.3 Å². The van der Waals surface area contributed by atoms with Crippen LogP contribution in [-0.2, 0) is 19.1 Å². The van der Waals surface area contributed by atoms with Crippen LogP contribution in [0.25, 0.3) is 0 Å². The number of esters is 1. The van der Waals surface area contributed by atoms with Crippen LogP contribution in [0.5, 0.6) is 0 Å². The van der Waals surface area contributed by atoms with Crippen molar-refractivity contribution in [1.29, 1.82) is 5.26 Å². The van der Waals surface area contributed by atoms with Crippen LogP contribution in [0.15, 0.2) is 0 Å². The van der Waals surface area contributed by atoms with Crippen LogP contribution in [0.1, 0.15) is 46.5 Å². The summed E-state index contributed by atoms with van der Waals surface area (Å²) in [5.41, 5.74) is -1.08. The van der Waals surface area contributed by atoms with Crippen LogP contribution < -0.4 is 5.32 Å². The average molecular weight is 392 g/mol. The number of rotatable bonds is 6. The van der Waals surface area contributed by atoms with Gasteiger partial charge in [-0.15, -0.1) is 0 Å². The molecule has 1 aliphatic heterocycles. The van der Waals surface area contributed by atoms with Crippen LogP contribution in [0, 0.1) is 22.7 Å². The number of nitrogens with one attached hydrogen (secondary N) is 1. The number of imide groups is 1. The highest BCUT2D eigenvalue weighted by Crippen LogP contribution is 2.46. The van der Waals surface area contributed by atoms with Crippen molar-refractivity contribution in [3.05, 3.63) is 0 Å². The van der Waals surface area contributed by atoms with Crippen molar-refractivity contribution in [3.63, 3.8) is 0 Å². The molecule has 0 bridgehead atoms. The van der Waals surface area contributed by atoms with Gasteiger partial charge in [-0.05, 0) is 30.6 Å². The van der Waals surface area contributed by atoms with Crippen molar-refractivity contribution >= 4 is 23.8 Å². The Balaban J connectivity index is 1.95. The molecule has 154 valence electrons. The van der Waals surface area contributed by atoms with Gasteiger partial charge in [-0.3, -0.25) is 19.3 Å². The van der Waals surface area contributed by atoms with Crippen molar-refractivity contribution in [2.24, 2.45) is 11.3 Å². The average Bonchev–Trinajstić information content (AvgIpc) is 2.79. The number of carbonyl (C=O) groups excluding carboxylic acids is 4. The quantitative estimate of drug-likeness (QED) is 0.533. The molecule has 1 spiro atoms. The molecule has 0 aromatic rings. The van der Waals surface area contributed by atoms with Crippen LogP contribution in [-0.4, -0.2) is 65.9 Å². The standard InChI is InChI=1S/C19H28N4O5/c1-13-8-18(2,3)12-19(9-13)16(26)23(17(27)21-19)10-15(25)28-11-14(24)22(4)7-5-6-20/h13H,5,7-12H2,1-4H3,(H,21,27)/t13-,19-/m0/s1. The maximum Gasteiger partial charge on any atom is 0.326 e. The minimum absolute atomic E-state index is 0.0996. The van der Waals surface area contributed by atoms with Crippen molar-refractivity contribution in [2.45, 2.75) is 52.0 Å². The molecule has 1 heterocycles. The summed E-state index contributed by atoms with van der Waals surface area (Å²) in [6.45, 7) is 5.38. The first kappa shape index (κ1) is 21.7. The molecular weight excluding hydrogens is 364 g/mol. The summed E-state index contributed by atoms with van der Waals surface area (Å²) in [5, 5.41) is 11.3. The molecule has 1 N–H and O–H groups in total. The second kappa shape index (κ2) is 8.17. The Morgan fingerprint density at radius 1 is 1.36 bits per heavy atom. The molecule has 2 fully saturated rings. The Bertz CT molecular complexity index is 714. The fourth-order valence-electron chi connectivity index (χ4n) is 4.42. The first-order valence-electron chi connectivity index (χ1n) is 9.40. The van der Waals surface area contributed by atoms with E-state index in [1.807, 2.05) is 13.0 Å². The Morgan fingerprint density at radius 2 is 2.04 bits per heavy atom. The van der Waals surface area contributed by atoms with Gasteiger partial charge in [-0.25, -0.2) is 4.79 Å². The fourth-order valence-corrected chi connectivity index (χ4v) is 4.42. The van der Waals surface area contributed by atoms with Crippen molar-refractivity contribution in [3.8, 4) is 6.07 Å². The van der Waals surface area contributed by atoms with E-state index in [4.69, 9.17) is 10.00 Å². The lowest BCUT2D eigenvalue weighted by Gasteiger charge is -2.43. The molecule has 2 rings (SSSR count). The van der Waals surface area contributed by atoms with Gasteiger partial charge in [0.1, 0.15) is 12.1 Å². The Hall–Kier alpha value is -2.63. The second-order valence-electron chi connectivity index (χ2n) is 8.64. The third kappa shape index (κ3) is 4.80. The van der Waals surface area contributed by atoms with E-state index in [2.05, 4.69) is 19.2 Å². The number of likely N-dealkylation sites (N-methyl/N-ethyl adjacent to an activating group) is 1. The van der Waals surface area contributed by atoms with Gasteiger partial charge in [-0.1, -0.05) is 20.8 Å². The molecule has 2 atom stereocenters. The molecule has 0 aromatic heterocycles. The topological polar surface area (TPSA) is 120 Å². The van der Waals surface area contributed by atoms with Gasteiger partial charge in [0.05, 0.1) is 12.5 Å². The highest BCUT2D eigenvalue weighted by Gasteiger charge is 2.56. The van der Waals surface area contributed by atoms with E-state index in [0.29, 0.717) is 12.8 Å². The van der Waals surface area contributed by atoms with Crippen LogP contribution in [0.2, 0.25) is 0 Å². The van der Waals surface area contributed by atoms with Gasteiger partial charge in [0.2, 0.25) is 0 Å². The first-order valence-corrected chi connectivity index (χ1v) is 9.40. The zero-order valence-corrected chi connectivity index (χ0v) is 16.9. The highest BCUT2D eigenvalue weighted by molar-refractivity contribution is 6.08. The zero-order chi connectivity index (χ0) is 21.1. The van der Waals surface area contributed by atoms with Gasteiger partial charge in [-0.2, -0.15) is 5.26 Å². The Morgan fingerprint density at radius 3 is 2.64 bits per heavy atom. The smallest absolute Gasteiger partial charge is 0.326 e. The van der Waals surface area contributed by atoms with Gasteiger partial charge in [0.25, 0.3) is 11.8 Å². The Labute approximate surface area is 165 Å². The molecule has 0 unspecified atom stereocenters. The summed E-state index contributed by atoms with van der Waals surface area (Å²) in [5.74, 6) is -1.43. The van der Waals surface area contributed by atoms with Gasteiger partial charge in [0.15, 0.2) is 6.61 Å². The molecule has 28 heavy (non-hydrogen) atoms. The van der Waals surface area contributed by atoms with Gasteiger partial charge >= 0.3 is 12.0 Å². The number of hydrogen-bond donors (Lipinski definition) is 1. The van der Waals surface area contributed by atoms with E-state index in [9.17, 15) is 19.2 Å². The molecule has 1 saturated heterocycles. The number of urea groups is 1. The van der Waals surface area contributed by atoms with Gasteiger partial charge in [0, 0.05) is 13.6 Å². The zero-order valence-electron chi connectivity index (χ0n) is 16.9. The molecule has 0 radical (unpaired) electrons. The molecule has 2 aliphatic rings. The van der Waals surface area contributed by atoms with Crippen molar-refractivity contribution in [1.82, 2.24) is 15.1 Å². The van der Waals surface area contributed by atoms with E-state index < -0.39 is 42.5 Å². The number of nitrogens with zero attached hydrogens (tertiary/aromatic N) is 3. The normalized spacial score (nSPS) is 26.0. The molecule has 9 heteroatoms. The summed E-state index contributed by atoms with van der Waals surface area (Å²) in [7, 11) is 1.50. The third-order valence-corrected chi connectivity index (χ3v) is 5.25. The van der Waals surface area contributed by atoms with Crippen LogP contribution in [0.3, 0.4) is 0 Å². The van der Waals surface area contributed by atoms with Crippen molar-refractivity contribution < 1.29 is 23.9 Å². The molecule has 1 aliphatic carbocycles. The molecule has 1 saturated carbocycles. The predicted octanol–water partition coefficient (Wildman–Crippen LogP) is 1.04. The molecule has 4 amide bonds. The van der Waals surface area contributed by atoms with E-state index in [-0.39, 0.29) is 24.3 Å². The fraction of sp³-hybridized carbons (Fsp3) is 0.737. The maximum atomic E-state index is 13.0. The highest BCUT2D eigenvalue weighted by atomic mass is 16.5. The minimum atomic E-state index is -0.980. The maximum absolute atomic E-state index is 13.0. The van der Waals surface area contributed by atoms with E-state index >= 15 is 0 Å². The summed E-state index contributed by atoms with van der Waals surface area (Å²) < 4.78 is 4.91. The van der Waals surface area contributed by atoms with Crippen LogP contribution >= 0.6 is 0 Å². The SMILES string of the molecule is C[C@H]1CC(C)(C)C[C@]2(C1)NC(=O)N(CC(=O)OCC(=O)N(C)CCC#N)C2=O. The lowest BCUT2D eigenvalue weighted by atomic mass is 9.64. The van der Waals surface area contributed by atoms with Crippen LogP contribution in [0.4, 0.5) is 4.79 Å². The third-order valence-electron chi connectivity index (χ3n) is 5.25. The monoisotopic (exact) mass is 392 g/mol. The number of amides is 4.